The molecule has 1 heterocycles. The molecule has 0 radical (unpaired) electrons. The van der Waals surface area contributed by atoms with E-state index in [-0.39, 0.29) is 0 Å². The number of aldehydes is 1. The molecule has 1 aromatic heterocycles. The number of carbonyl (C=O) groups is 1. The minimum Gasteiger partial charge on any atom is -0.444 e. The molecule has 0 aliphatic heterocycles. The zero-order valence-electron chi connectivity index (χ0n) is 10.4. The van der Waals surface area contributed by atoms with Crippen LogP contribution in [-0.4, -0.2) is 11.3 Å². The molecule has 0 aliphatic carbocycles. The van der Waals surface area contributed by atoms with Crippen molar-refractivity contribution in [2.75, 3.05) is 0 Å². The third-order valence-electron chi connectivity index (χ3n) is 2.94. The number of aromatic nitrogens is 1. The van der Waals surface area contributed by atoms with Gasteiger partial charge < -0.3 is 4.42 Å². The standard InChI is InChI=1S/C16H10BrNO2/c17-14-7-5-13(6-8-14)16-18-15(10-20-16)12-3-1-11(9-19)2-4-12/h1-10H. The maximum absolute atomic E-state index is 10.6. The van der Waals surface area contributed by atoms with E-state index in [0.29, 0.717) is 11.5 Å². The first-order valence-electron chi connectivity index (χ1n) is 6.03. The van der Waals surface area contributed by atoms with Crippen molar-refractivity contribution in [2.24, 2.45) is 0 Å². The molecule has 3 aromatic rings. The summed E-state index contributed by atoms with van der Waals surface area (Å²) in [5.41, 5.74) is 3.23. The lowest BCUT2D eigenvalue weighted by Crippen LogP contribution is -1.82. The van der Waals surface area contributed by atoms with Gasteiger partial charge in [-0.05, 0) is 24.3 Å². The van der Waals surface area contributed by atoms with E-state index in [4.69, 9.17) is 4.42 Å². The van der Waals surface area contributed by atoms with Crippen LogP contribution in [0.2, 0.25) is 0 Å². The number of hydrogen-bond acceptors (Lipinski definition) is 3. The molecule has 0 N–H and O–H groups in total. The normalized spacial score (nSPS) is 10.4. The van der Waals surface area contributed by atoms with E-state index in [2.05, 4.69) is 20.9 Å². The maximum Gasteiger partial charge on any atom is 0.226 e. The molecule has 0 unspecified atom stereocenters. The summed E-state index contributed by atoms with van der Waals surface area (Å²) in [6.07, 6.45) is 2.44. The first-order chi connectivity index (χ1) is 9.76. The molecule has 0 bridgehead atoms. The third kappa shape index (κ3) is 2.56. The zero-order chi connectivity index (χ0) is 13.9. The molecular weight excluding hydrogens is 318 g/mol. The summed E-state index contributed by atoms with van der Waals surface area (Å²) >= 11 is 3.39. The molecule has 3 rings (SSSR count). The predicted molar refractivity (Wildman–Crippen MR) is 80.5 cm³/mol. The fourth-order valence-corrected chi connectivity index (χ4v) is 2.13. The number of carbonyl (C=O) groups excluding carboxylic acids is 1. The summed E-state index contributed by atoms with van der Waals surface area (Å²) in [6.45, 7) is 0. The number of rotatable bonds is 3. The molecule has 0 fully saturated rings. The molecule has 0 amide bonds. The Kier molecular flexibility index (Phi) is 3.48. The van der Waals surface area contributed by atoms with Gasteiger partial charge in [-0.2, -0.15) is 0 Å². The van der Waals surface area contributed by atoms with Gasteiger partial charge in [-0.1, -0.05) is 40.2 Å². The summed E-state index contributed by atoms with van der Waals surface area (Å²) in [4.78, 5) is 15.1. The molecule has 4 heteroatoms. The van der Waals surface area contributed by atoms with E-state index in [9.17, 15) is 4.79 Å². The van der Waals surface area contributed by atoms with Crippen molar-refractivity contribution >= 4 is 22.2 Å². The SMILES string of the molecule is O=Cc1ccc(-c2coc(-c3ccc(Br)cc3)n2)cc1. The Bertz CT molecular complexity index is 730. The Labute approximate surface area is 124 Å². The third-order valence-corrected chi connectivity index (χ3v) is 3.47. The Morgan fingerprint density at radius 1 is 0.950 bits per heavy atom. The Hall–Kier alpha value is -2.20. The second-order valence-electron chi connectivity index (χ2n) is 4.28. The van der Waals surface area contributed by atoms with Crippen LogP contribution in [0.5, 0.6) is 0 Å². The lowest BCUT2D eigenvalue weighted by molar-refractivity contribution is 0.112. The van der Waals surface area contributed by atoms with Gasteiger partial charge in [0.15, 0.2) is 0 Å². The van der Waals surface area contributed by atoms with E-state index in [1.807, 2.05) is 36.4 Å². The van der Waals surface area contributed by atoms with Gasteiger partial charge in [-0.15, -0.1) is 0 Å². The fraction of sp³-hybridized carbons (Fsp3) is 0. The average molecular weight is 328 g/mol. The Morgan fingerprint density at radius 2 is 1.60 bits per heavy atom. The second kappa shape index (κ2) is 5.43. The van der Waals surface area contributed by atoms with E-state index in [1.54, 1.807) is 18.4 Å². The highest BCUT2D eigenvalue weighted by molar-refractivity contribution is 9.10. The molecule has 2 aromatic carbocycles. The average Bonchev–Trinajstić information content (AvgIpc) is 2.98. The number of oxazole rings is 1. The minimum atomic E-state index is 0.576. The Balaban J connectivity index is 1.92. The molecule has 0 aliphatic rings. The highest BCUT2D eigenvalue weighted by Crippen LogP contribution is 2.25. The van der Waals surface area contributed by atoms with Gasteiger partial charge in [0.1, 0.15) is 18.2 Å². The van der Waals surface area contributed by atoms with E-state index in [1.165, 1.54) is 0 Å². The van der Waals surface area contributed by atoms with Crippen LogP contribution in [0.4, 0.5) is 0 Å². The number of benzene rings is 2. The van der Waals surface area contributed by atoms with Gasteiger partial charge in [-0.3, -0.25) is 4.79 Å². The van der Waals surface area contributed by atoms with Crippen molar-refractivity contribution in [3.8, 4) is 22.7 Å². The van der Waals surface area contributed by atoms with Gasteiger partial charge in [0.25, 0.3) is 0 Å². The largest absolute Gasteiger partial charge is 0.444 e. The summed E-state index contributed by atoms with van der Waals surface area (Å²) in [6, 6.07) is 15.0. The number of nitrogens with zero attached hydrogens (tertiary/aromatic N) is 1. The van der Waals surface area contributed by atoms with Crippen LogP contribution in [0.15, 0.2) is 63.7 Å². The van der Waals surface area contributed by atoms with Crippen molar-refractivity contribution in [1.82, 2.24) is 4.98 Å². The fourth-order valence-electron chi connectivity index (χ4n) is 1.86. The van der Waals surface area contributed by atoms with Crippen LogP contribution in [0.3, 0.4) is 0 Å². The van der Waals surface area contributed by atoms with Crippen molar-refractivity contribution < 1.29 is 9.21 Å². The first kappa shape index (κ1) is 12.8. The van der Waals surface area contributed by atoms with Crippen LogP contribution in [0.25, 0.3) is 22.7 Å². The predicted octanol–water partition coefficient (Wildman–Crippen LogP) is 4.58. The first-order valence-corrected chi connectivity index (χ1v) is 6.82. The van der Waals surface area contributed by atoms with Crippen LogP contribution < -0.4 is 0 Å². The van der Waals surface area contributed by atoms with Gasteiger partial charge >= 0.3 is 0 Å². The number of hydrogen-bond donors (Lipinski definition) is 0. The zero-order valence-corrected chi connectivity index (χ0v) is 12.0. The molecule has 0 spiro atoms. The summed E-state index contributed by atoms with van der Waals surface area (Å²) < 4.78 is 6.52. The second-order valence-corrected chi connectivity index (χ2v) is 5.20. The van der Waals surface area contributed by atoms with E-state index < -0.39 is 0 Å². The molecule has 20 heavy (non-hydrogen) atoms. The monoisotopic (exact) mass is 327 g/mol. The molecular formula is C16H10BrNO2. The van der Waals surface area contributed by atoms with Crippen molar-refractivity contribution in [3.05, 3.63) is 64.8 Å². The van der Waals surface area contributed by atoms with Gasteiger partial charge in [0, 0.05) is 21.2 Å². The Morgan fingerprint density at radius 3 is 2.25 bits per heavy atom. The highest BCUT2D eigenvalue weighted by Gasteiger charge is 2.08. The van der Waals surface area contributed by atoms with Crippen molar-refractivity contribution in [1.29, 1.82) is 0 Å². The topological polar surface area (TPSA) is 43.1 Å². The van der Waals surface area contributed by atoms with Crippen molar-refractivity contribution in [2.45, 2.75) is 0 Å². The maximum atomic E-state index is 10.6. The van der Waals surface area contributed by atoms with Crippen LogP contribution in [-0.2, 0) is 0 Å². The molecule has 0 saturated carbocycles. The quantitative estimate of drug-likeness (QED) is 0.661. The van der Waals surface area contributed by atoms with Gasteiger partial charge in [0.05, 0.1) is 0 Å². The molecule has 3 nitrogen and oxygen atoms in total. The molecule has 0 saturated heterocycles. The highest BCUT2D eigenvalue weighted by atomic mass is 79.9. The van der Waals surface area contributed by atoms with Crippen molar-refractivity contribution in [3.63, 3.8) is 0 Å². The van der Waals surface area contributed by atoms with Crippen LogP contribution in [0, 0.1) is 0 Å². The lowest BCUT2D eigenvalue weighted by atomic mass is 10.1. The molecule has 98 valence electrons. The van der Waals surface area contributed by atoms with Gasteiger partial charge in [-0.25, -0.2) is 4.98 Å². The molecule has 0 atom stereocenters. The summed E-state index contributed by atoms with van der Waals surface area (Å²) in [7, 11) is 0. The summed E-state index contributed by atoms with van der Waals surface area (Å²) in [5.74, 6) is 0.576. The van der Waals surface area contributed by atoms with E-state index in [0.717, 1.165) is 27.6 Å². The van der Waals surface area contributed by atoms with Gasteiger partial charge in [0.2, 0.25) is 5.89 Å². The summed E-state index contributed by atoms with van der Waals surface area (Å²) in [5, 5.41) is 0. The smallest absolute Gasteiger partial charge is 0.226 e. The van der Waals surface area contributed by atoms with Crippen LogP contribution in [0.1, 0.15) is 10.4 Å². The minimum absolute atomic E-state index is 0.576. The van der Waals surface area contributed by atoms with Crippen LogP contribution >= 0.6 is 15.9 Å². The lowest BCUT2D eigenvalue weighted by Gasteiger charge is -1.96. The van der Waals surface area contributed by atoms with E-state index >= 15 is 0 Å². The number of halogens is 1.